The number of anilines is 1. The Kier molecular flexibility index (Phi) is 7.73. The van der Waals surface area contributed by atoms with Crippen molar-refractivity contribution in [1.82, 2.24) is 0 Å². The summed E-state index contributed by atoms with van der Waals surface area (Å²) in [7, 11) is 0. The second kappa shape index (κ2) is 9.29. The number of aliphatic imine (C=N–C) groups is 1. The van der Waals surface area contributed by atoms with Crippen LogP contribution >= 0.6 is 24.0 Å². The molecular formula is C16H18F2IN3O. The minimum atomic E-state index is -0.741. The Morgan fingerprint density at radius 1 is 1.17 bits per heavy atom. The van der Waals surface area contributed by atoms with Gasteiger partial charge >= 0.3 is 0 Å². The van der Waals surface area contributed by atoms with E-state index in [0.717, 1.165) is 23.4 Å². The summed E-state index contributed by atoms with van der Waals surface area (Å²) in [6.45, 7) is 2.38. The van der Waals surface area contributed by atoms with Gasteiger partial charge in [-0.2, -0.15) is 0 Å². The van der Waals surface area contributed by atoms with Gasteiger partial charge in [-0.15, -0.1) is 24.0 Å². The van der Waals surface area contributed by atoms with Gasteiger partial charge in [-0.1, -0.05) is 17.7 Å². The van der Waals surface area contributed by atoms with Crippen LogP contribution in [0, 0.1) is 18.6 Å². The third-order valence-corrected chi connectivity index (χ3v) is 2.85. The molecule has 0 spiro atoms. The van der Waals surface area contributed by atoms with E-state index < -0.39 is 11.6 Å². The Bertz CT molecular complexity index is 663. The number of halogens is 3. The van der Waals surface area contributed by atoms with Crippen LogP contribution in [0.15, 0.2) is 47.5 Å². The molecule has 0 aliphatic rings. The fourth-order valence-electron chi connectivity index (χ4n) is 1.74. The van der Waals surface area contributed by atoms with E-state index >= 15 is 0 Å². The summed E-state index contributed by atoms with van der Waals surface area (Å²) >= 11 is 0. The molecule has 0 aromatic heterocycles. The van der Waals surface area contributed by atoms with Crippen LogP contribution in [0.5, 0.6) is 5.75 Å². The first-order valence-corrected chi connectivity index (χ1v) is 6.76. The number of guanidine groups is 1. The van der Waals surface area contributed by atoms with Crippen LogP contribution in [0.25, 0.3) is 0 Å². The first-order valence-electron chi connectivity index (χ1n) is 6.76. The number of rotatable bonds is 5. The van der Waals surface area contributed by atoms with E-state index in [-0.39, 0.29) is 48.8 Å². The van der Waals surface area contributed by atoms with Gasteiger partial charge in [-0.3, -0.25) is 0 Å². The third-order valence-electron chi connectivity index (χ3n) is 2.85. The van der Waals surface area contributed by atoms with Crippen molar-refractivity contribution in [3.63, 3.8) is 0 Å². The molecule has 23 heavy (non-hydrogen) atoms. The maximum absolute atomic E-state index is 13.3. The SMILES string of the molecule is Cc1ccc(NC(N)=NCCOc2ccc(F)cc2F)cc1.I. The molecule has 3 N–H and O–H groups in total. The molecule has 0 fully saturated rings. The maximum Gasteiger partial charge on any atom is 0.193 e. The van der Waals surface area contributed by atoms with Gasteiger partial charge in [0.05, 0.1) is 6.54 Å². The Morgan fingerprint density at radius 2 is 1.87 bits per heavy atom. The average Bonchev–Trinajstić information content (AvgIpc) is 2.48. The van der Waals surface area contributed by atoms with E-state index in [1.165, 1.54) is 6.07 Å². The molecule has 0 bridgehead atoms. The highest BCUT2D eigenvalue weighted by Gasteiger charge is 2.04. The van der Waals surface area contributed by atoms with Crippen LogP contribution in [0.1, 0.15) is 5.56 Å². The molecule has 0 unspecified atom stereocenters. The lowest BCUT2D eigenvalue weighted by Gasteiger charge is -2.07. The fourth-order valence-corrected chi connectivity index (χ4v) is 1.74. The summed E-state index contributed by atoms with van der Waals surface area (Å²) < 4.78 is 31.2. The number of nitrogens with zero attached hydrogens (tertiary/aromatic N) is 1. The molecule has 0 atom stereocenters. The molecule has 0 aliphatic carbocycles. The number of nitrogens with two attached hydrogens (primary N) is 1. The van der Waals surface area contributed by atoms with Crippen LogP contribution in [0.2, 0.25) is 0 Å². The largest absolute Gasteiger partial charge is 0.489 e. The summed E-state index contributed by atoms with van der Waals surface area (Å²) in [5.41, 5.74) is 7.71. The van der Waals surface area contributed by atoms with Crippen LogP contribution in [-0.4, -0.2) is 19.1 Å². The Balaban J connectivity index is 0.00000264. The maximum atomic E-state index is 13.3. The first-order chi connectivity index (χ1) is 10.5. The molecule has 2 rings (SSSR count). The van der Waals surface area contributed by atoms with E-state index in [2.05, 4.69) is 10.3 Å². The van der Waals surface area contributed by atoms with Gasteiger partial charge in [0, 0.05) is 11.8 Å². The highest BCUT2D eigenvalue weighted by Crippen LogP contribution is 2.17. The minimum absolute atomic E-state index is 0. The number of nitrogens with one attached hydrogen (secondary N) is 1. The molecule has 0 aliphatic heterocycles. The van der Waals surface area contributed by atoms with Crippen LogP contribution in [0.4, 0.5) is 14.5 Å². The first kappa shape index (κ1) is 19.1. The quantitative estimate of drug-likeness (QED) is 0.327. The summed E-state index contributed by atoms with van der Waals surface area (Å²) in [6.07, 6.45) is 0. The third kappa shape index (κ3) is 6.39. The standard InChI is InChI=1S/C16H17F2N3O.HI/c1-11-2-5-13(6-3-11)21-16(19)20-8-9-22-15-7-4-12(17)10-14(15)18;/h2-7,10H,8-9H2,1H3,(H3,19,20,21);1H. The number of aryl methyl sites for hydroxylation is 1. The van der Waals surface area contributed by atoms with Gasteiger partial charge in [-0.25, -0.2) is 13.8 Å². The lowest BCUT2D eigenvalue weighted by atomic mass is 10.2. The smallest absolute Gasteiger partial charge is 0.193 e. The van der Waals surface area contributed by atoms with E-state index in [1.807, 2.05) is 31.2 Å². The molecule has 0 saturated carbocycles. The fraction of sp³-hybridized carbons (Fsp3) is 0.188. The molecular weight excluding hydrogens is 415 g/mol. The number of ether oxygens (including phenoxy) is 1. The summed E-state index contributed by atoms with van der Waals surface area (Å²) in [6, 6.07) is 10.8. The van der Waals surface area contributed by atoms with E-state index in [4.69, 9.17) is 10.5 Å². The summed E-state index contributed by atoms with van der Waals surface area (Å²) in [5.74, 6) is -1.15. The second-order valence-corrected chi connectivity index (χ2v) is 4.68. The van der Waals surface area contributed by atoms with E-state index in [9.17, 15) is 8.78 Å². The minimum Gasteiger partial charge on any atom is -0.489 e. The lowest BCUT2D eigenvalue weighted by Crippen LogP contribution is -2.23. The zero-order valence-electron chi connectivity index (χ0n) is 12.6. The Labute approximate surface area is 150 Å². The van der Waals surface area contributed by atoms with Crippen LogP contribution < -0.4 is 15.8 Å². The predicted octanol–water partition coefficient (Wildman–Crippen LogP) is 3.70. The van der Waals surface area contributed by atoms with Gasteiger partial charge in [0.2, 0.25) is 0 Å². The summed E-state index contributed by atoms with van der Waals surface area (Å²) in [5, 5.41) is 2.94. The monoisotopic (exact) mass is 433 g/mol. The van der Waals surface area contributed by atoms with Crippen molar-refractivity contribution in [2.75, 3.05) is 18.5 Å². The topological polar surface area (TPSA) is 59.6 Å². The van der Waals surface area contributed by atoms with E-state index in [1.54, 1.807) is 0 Å². The van der Waals surface area contributed by atoms with Gasteiger partial charge < -0.3 is 15.8 Å². The highest BCUT2D eigenvalue weighted by molar-refractivity contribution is 14.0. The molecule has 0 amide bonds. The Hall–Kier alpha value is -1.90. The normalized spacial score (nSPS) is 10.8. The van der Waals surface area contributed by atoms with Gasteiger partial charge in [0.25, 0.3) is 0 Å². The molecule has 2 aromatic carbocycles. The van der Waals surface area contributed by atoms with Crippen molar-refractivity contribution in [3.8, 4) is 5.75 Å². The van der Waals surface area contributed by atoms with Crippen molar-refractivity contribution >= 4 is 35.6 Å². The van der Waals surface area contributed by atoms with Gasteiger partial charge in [-0.05, 0) is 31.2 Å². The zero-order valence-corrected chi connectivity index (χ0v) is 14.9. The van der Waals surface area contributed by atoms with E-state index in [0.29, 0.717) is 0 Å². The van der Waals surface area contributed by atoms with Crippen LogP contribution in [0.3, 0.4) is 0 Å². The summed E-state index contributed by atoms with van der Waals surface area (Å²) in [4.78, 5) is 4.07. The molecule has 124 valence electrons. The number of hydrogen-bond acceptors (Lipinski definition) is 2. The molecule has 7 heteroatoms. The van der Waals surface area contributed by atoms with Crippen molar-refractivity contribution in [2.45, 2.75) is 6.92 Å². The number of benzene rings is 2. The molecule has 0 radical (unpaired) electrons. The van der Waals surface area contributed by atoms with Gasteiger partial charge in [0.15, 0.2) is 17.5 Å². The van der Waals surface area contributed by atoms with Crippen molar-refractivity contribution in [3.05, 3.63) is 59.7 Å². The lowest BCUT2D eigenvalue weighted by molar-refractivity contribution is 0.310. The van der Waals surface area contributed by atoms with Crippen molar-refractivity contribution in [1.29, 1.82) is 0 Å². The molecule has 0 saturated heterocycles. The molecule has 4 nitrogen and oxygen atoms in total. The number of hydrogen-bond donors (Lipinski definition) is 2. The average molecular weight is 433 g/mol. The van der Waals surface area contributed by atoms with Gasteiger partial charge in [0.1, 0.15) is 12.4 Å². The Morgan fingerprint density at radius 3 is 2.52 bits per heavy atom. The highest BCUT2D eigenvalue weighted by atomic mass is 127. The van der Waals surface area contributed by atoms with Crippen LogP contribution in [-0.2, 0) is 0 Å². The van der Waals surface area contributed by atoms with Crippen molar-refractivity contribution in [2.24, 2.45) is 10.7 Å². The second-order valence-electron chi connectivity index (χ2n) is 4.68. The van der Waals surface area contributed by atoms with Crippen molar-refractivity contribution < 1.29 is 13.5 Å². The molecule has 0 heterocycles. The molecule has 2 aromatic rings. The zero-order chi connectivity index (χ0) is 15.9. The predicted molar refractivity (Wildman–Crippen MR) is 98.6 cm³/mol.